The summed E-state index contributed by atoms with van der Waals surface area (Å²) in [6.07, 6.45) is 0. The number of anilines is 1. The third-order valence-corrected chi connectivity index (χ3v) is 4.01. The van der Waals surface area contributed by atoms with E-state index in [4.69, 9.17) is 16.7 Å². The van der Waals surface area contributed by atoms with Gasteiger partial charge in [0.05, 0.1) is 24.3 Å². The molecule has 8 heteroatoms. The minimum absolute atomic E-state index is 0.122. The highest BCUT2D eigenvalue weighted by molar-refractivity contribution is 6.33. The lowest BCUT2D eigenvalue weighted by atomic mass is 10.2. The molecule has 2 amide bonds. The maximum Gasteiger partial charge on any atom is 0.339 e. The summed E-state index contributed by atoms with van der Waals surface area (Å²) in [4.78, 5) is 27.5. The Hall–Kier alpha value is -1.83. The van der Waals surface area contributed by atoms with Crippen LogP contribution >= 0.6 is 11.6 Å². The number of nitrogens with one attached hydrogen (secondary N) is 1. The van der Waals surface area contributed by atoms with Gasteiger partial charge in [-0.2, -0.15) is 0 Å². The van der Waals surface area contributed by atoms with Crippen molar-refractivity contribution in [3.8, 4) is 0 Å². The summed E-state index contributed by atoms with van der Waals surface area (Å²) in [7, 11) is 1.28. The Bertz CT molecular complexity index is 574. The molecule has 2 rings (SSSR count). The zero-order chi connectivity index (χ0) is 16.8. The number of amides is 2. The van der Waals surface area contributed by atoms with Crippen LogP contribution in [0.3, 0.4) is 0 Å². The number of aliphatic hydroxyl groups is 1. The van der Waals surface area contributed by atoms with E-state index < -0.39 is 5.97 Å². The molecule has 0 aliphatic carbocycles. The summed E-state index contributed by atoms with van der Waals surface area (Å²) in [6.45, 7) is 3.41. The molecular weight excluding hydrogens is 322 g/mol. The molecule has 1 fully saturated rings. The molecule has 1 aliphatic heterocycles. The summed E-state index contributed by atoms with van der Waals surface area (Å²) < 4.78 is 4.62. The molecule has 1 aliphatic rings. The summed E-state index contributed by atoms with van der Waals surface area (Å²) in [6, 6.07) is 4.44. The molecule has 0 atom stereocenters. The fraction of sp³-hybridized carbons (Fsp3) is 0.467. The number of carbonyl (C=O) groups is 2. The van der Waals surface area contributed by atoms with Gasteiger partial charge in [-0.15, -0.1) is 0 Å². The van der Waals surface area contributed by atoms with Gasteiger partial charge < -0.3 is 20.1 Å². The van der Waals surface area contributed by atoms with Gasteiger partial charge in [0, 0.05) is 38.4 Å². The Morgan fingerprint density at radius 2 is 2.00 bits per heavy atom. The Balaban J connectivity index is 1.93. The average molecular weight is 342 g/mol. The third-order valence-electron chi connectivity index (χ3n) is 3.70. The van der Waals surface area contributed by atoms with Gasteiger partial charge in [-0.25, -0.2) is 9.59 Å². The van der Waals surface area contributed by atoms with Crippen molar-refractivity contribution in [2.75, 3.05) is 51.8 Å². The molecule has 0 aromatic heterocycles. The molecule has 0 bridgehead atoms. The lowest BCUT2D eigenvalue weighted by molar-refractivity contribution is 0.0601. The van der Waals surface area contributed by atoms with Crippen molar-refractivity contribution in [1.82, 2.24) is 9.80 Å². The molecule has 0 radical (unpaired) electrons. The lowest BCUT2D eigenvalue weighted by Crippen LogP contribution is -2.50. The monoisotopic (exact) mass is 341 g/mol. The molecule has 0 saturated carbocycles. The van der Waals surface area contributed by atoms with Crippen molar-refractivity contribution >= 4 is 29.3 Å². The second-order valence-electron chi connectivity index (χ2n) is 5.17. The molecule has 1 saturated heterocycles. The first-order chi connectivity index (χ1) is 11.0. The second kappa shape index (κ2) is 8.14. The number of piperazine rings is 1. The van der Waals surface area contributed by atoms with E-state index in [-0.39, 0.29) is 23.2 Å². The summed E-state index contributed by atoms with van der Waals surface area (Å²) in [5.74, 6) is -0.520. The number of nitrogens with zero attached hydrogens (tertiary/aromatic N) is 2. The van der Waals surface area contributed by atoms with Gasteiger partial charge >= 0.3 is 12.0 Å². The largest absolute Gasteiger partial charge is 0.465 e. The normalized spacial score (nSPS) is 15.3. The summed E-state index contributed by atoms with van der Waals surface area (Å²) >= 11 is 6.03. The Morgan fingerprint density at radius 1 is 1.30 bits per heavy atom. The van der Waals surface area contributed by atoms with E-state index in [2.05, 4.69) is 15.0 Å². The number of hydrogen-bond donors (Lipinski definition) is 2. The Morgan fingerprint density at radius 3 is 2.57 bits per heavy atom. The molecule has 0 spiro atoms. The number of hydrogen-bond acceptors (Lipinski definition) is 5. The quantitative estimate of drug-likeness (QED) is 0.806. The zero-order valence-electron chi connectivity index (χ0n) is 12.9. The van der Waals surface area contributed by atoms with Crippen molar-refractivity contribution in [3.63, 3.8) is 0 Å². The number of benzene rings is 1. The summed E-state index contributed by atoms with van der Waals surface area (Å²) in [5.41, 5.74) is 0.773. The predicted molar refractivity (Wildman–Crippen MR) is 86.9 cm³/mol. The van der Waals surface area contributed by atoms with E-state index in [1.54, 1.807) is 11.0 Å². The van der Waals surface area contributed by atoms with E-state index in [9.17, 15) is 9.59 Å². The first kappa shape index (κ1) is 17.5. The zero-order valence-corrected chi connectivity index (χ0v) is 13.7. The van der Waals surface area contributed by atoms with E-state index in [1.807, 2.05) is 0 Å². The van der Waals surface area contributed by atoms with Crippen molar-refractivity contribution in [2.24, 2.45) is 0 Å². The first-order valence-electron chi connectivity index (χ1n) is 7.32. The van der Waals surface area contributed by atoms with E-state index in [0.717, 1.165) is 13.1 Å². The molecule has 126 valence electrons. The topological polar surface area (TPSA) is 82.1 Å². The van der Waals surface area contributed by atoms with Crippen LogP contribution in [0.5, 0.6) is 0 Å². The van der Waals surface area contributed by atoms with Crippen LogP contribution in [-0.2, 0) is 4.74 Å². The smallest absolute Gasteiger partial charge is 0.339 e. The van der Waals surface area contributed by atoms with Crippen LogP contribution in [-0.4, -0.2) is 73.3 Å². The maximum absolute atomic E-state index is 12.2. The van der Waals surface area contributed by atoms with E-state index in [0.29, 0.717) is 25.3 Å². The van der Waals surface area contributed by atoms with Crippen molar-refractivity contribution in [1.29, 1.82) is 0 Å². The van der Waals surface area contributed by atoms with Crippen LogP contribution in [0.25, 0.3) is 0 Å². The fourth-order valence-corrected chi connectivity index (χ4v) is 2.64. The number of halogens is 1. The minimum atomic E-state index is -0.520. The summed E-state index contributed by atoms with van der Waals surface area (Å²) in [5, 5.41) is 11.9. The number of methoxy groups -OCH3 is 1. The molecule has 2 N–H and O–H groups in total. The molecule has 1 aromatic carbocycles. The standard InChI is InChI=1S/C15H20ClN3O4/c1-23-14(21)12-3-2-11(10-13(12)16)17-15(22)19-6-4-18(5-7-19)8-9-20/h2-3,10,20H,4-9H2,1H3,(H,17,22). The Kier molecular flexibility index (Phi) is 6.20. The van der Waals surface area contributed by atoms with Gasteiger partial charge in [0.2, 0.25) is 0 Å². The fourth-order valence-electron chi connectivity index (χ4n) is 2.39. The van der Waals surface area contributed by atoms with Crippen molar-refractivity contribution in [2.45, 2.75) is 0 Å². The van der Waals surface area contributed by atoms with Gasteiger partial charge in [0.25, 0.3) is 0 Å². The van der Waals surface area contributed by atoms with Gasteiger partial charge in [-0.3, -0.25) is 4.90 Å². The number of rotatable bonds is 4. The van der Waals surface area contributed by atoms with Crippen LogP contribution < -0.4 is 5.32 Å². The molecule has 1 heterocycles. The highest BCUT2D eigenvalue weighted by Gasteiger charge is 2.21. The molecule has 23 heavy (non-hydrogen) atoms. The molecular formula is C15H20ClN3O4. The number of carbonyl (C=O) groups excluding carboxylic acids is 2. The van der Waals surface area contributed by atoms with E-state index in [1.165, 1.54) is 19.2 Å². The van der Waals surface area contributed by atoms with Crippen LogP contribution in [0, 0.1) is 0 Å². The van der Waals surface area contributed by atoms with Gasteiger partial charge in [-0.05, 0) is 18.2 Å². The molecule has 0 unspecified atom stereocenters. The van der Waals surface area contributed by atoms with Gasteiger partial charge in [-0.1, -0.05) is 11.6 Å². The number of β-amino-alcohol motifs (C(OH)–C–C–N with tert-alkyl or cyclic N) is 1. The van der Waals surface area contributed by atoms with Gasteiger partial charge in [0.1, 0.15) is 0 Å². The predicted octanol–water partition coefficient (Wildman–Crippen LogP) is 1.27. The molecule has 1 aromatic rings. The van der Waals surface area contributed by atoms with E-state index >= 15 is 0 Å². The van der Waals surface area contributed by atoms with Crippen LogP contribution in [0.4, 0.5) is 10.5 Å². The van der Waals surface area contributed by atoms with Crippen LogP contribution in [0.2, 0.25) is 5.02 Å². The first-order valence-corrected chi connectivity index (χ1v) is 7.70. The van der Waals surface area contributed by atoms with Crippen LogP contribution in [0.15, 0.2) is 18.2 Å². The van der Waals surface area contributed by atoms with Crippen molar-refractivity contribution < 1.29 is 19.4 Å². The third kappa shape index (κ3) is 4.57. The van der Waals surface area contributed by atoms with Gasteiger partial charge in [0.15, 0.2) is 0 Å². The average Bonchev–Trinajstić information content (AvgIpc) is 2.55. The highest BCUT2D eigenvalue weighted by atomic mass is 35.5. The van der Waals surface area contributed by atoms with Crippen LogP contribution in [0.1, 0.15) is 10.4 Å². The number of ether oxygens (including phenoxy) is 1. The number of aliphatic hydroxyl groups excluding tert-OH is 1. The molecule has 7 nitrogen and oxygen atoms in total. The van der Waals surface area contributed by atoms with Crippen molar-refractivity contribution in [3.05, 3.63) is 28.8 Å². The second-order valence-corrected chi connectivity index (χ2v) is 5.58. The minimum Gasteiger partial charge on any atom is -0.465 e. The number of esters is 1. The number of urea groups is 1. The SMILES string of the molecule is COC(=O)c1ccc(NC(=O)N2CCN(CCO)CC2)cc1Cl. The highest BCUT2D eigenvalue weighted by Crippen LogP contribution is 2.22. The Labute approximate surface area is 139 Å². The lowest BCUT2D eigenvalue weighted by Gasteiger charge is -2.34. The maximum atomic E-state index is 12.2.